The van der Waals surface area contributed by atoms with Crippen LogP contribution in [0.3, 0.4) is 0 Å². The van der Waals surface area contributed by atoms with Crippen molar-refractivity contribution in [3.05, 3.63) is 0 Å². The molecular formula is C15H30N4O. The third-order valence-corrected chi connectivity index (χ3v) is 4.69. The quantitative estimate of drug-likeness (QED) is 0.801. The molecule has 0 aromatic carbocycles. The Balaban J connectivity index is 1.73. The van der Waals surface area contributed by atoms with Crippen molar-refractivity contribution >= 4 is 6.03 Å². The Kier molecular flexibility index (Phi) is 6.10. The van der Waals surface area contributed by atoms with Crippen LogP contribution in [0.5, 0.6) is 0 Å². The second-order valence-corrected chi connectivity index (χ2v) is 6.13. The summed E-state index contributed by atoms with van der Waals surface area (Å²) in [5, 5.41) is 3.18. The number of hydrogen-bond donors (Lipinski definition) is 2. The van der Waals surface area contributed by atoms with E-state index in [1.165, 1.54) is 19.3 Å². The predicted molar refractivity (Wildman–Crippen MR) is 81.7 cm³/mol. The number of carbonyl (C=O) groups excluding carboxylic acids is 1. The monoisotopic (exact) mass is 282 g/mol. The van der Waals surface area contributed by atoms with E-state index in [1.807, 2.05) is 4.90 Å². The van der Waals surface area contributed by atoms with Crippen LogP contribution >= 0.6 is 0 Å². The summed E-state index contributed by atoms with van der Waals surface area (Å²) < 4.78 is 0. The number of amides is 2. The first-order valence-corrected chi connectivity index (χ1v) is 8.24. The van der Waals surface area contributed by atoms with Crippen LogP contribution in [0.2, 0.25) is 0 Å². The van der Waals surface area contributed by atoms with Gasteiger partial charge in [0.1, 0.15) is 0 Å². The second kappa shape index (κ2) is 7.84. The summed E-state index contributed by atoms with van der Waals surface area (Å²) in [7, 11) is 0. The Morgan fingerprint density at radius 2 is 1.90 bits per heavy atom. The van der Waals surface area contributed by atoms with Crippen molar-refractivity contribution in [2.75, 3.05) is 32.7 Å². The average molecular weight is 282 g/mol. The molecule has 0 aromatic heterocycles. The summed E-state index contributed by atoms with van der Waals surface area (Å²) in [6.07, 6.45) is 7.14. The normalized spacial score (nSPS) is 23.0. The van der Waals surface area contributed by atoms with E-state index in [2.05, 4.69) is 17.1 Å². The fourth-order valence-corrected chi connectivity index (χ4v) is 3.41. The molecule has 5 heteroatoms. The smallest absolute Gasteiger partial charge is 0.317 e. The molecule has 0 aromatic rings. The van der Waals surface area contributed by atoms with Crippen molar-refractivity contribution in [2.24, 2.45) is 5.73 Å². The molecule has 116 valence electrons. The van der Waals surface area contributed by atoms with Gasteiger partial charge in [-0.25, -0.2) is 4.79 Å². The third-order valence-electron chi connectivity index (χ3n) is 4.69. The van der Waals surface area contributed by atoms with E-state index in [4.69, 9.17) is 5.73 Å². The fraction of sp³-hybridized carbons (Fsp3) is 0.933. The molecule has 2 amide bonds. The third kappa shape index (κ3) is 4.09. The molecule has 0 spiro atoms. The van der Waals surface area contributed by atoms with Gasteiger partial charge in [0.15, 0.2) is 0 Å². The minimum atomic E-state index is 0.135. The first-order valence-electron chi connectivity index (χ1n) is 8.24. The van der Waals surface area contributed by atoms with Crippen molar-refractivity contribution < 1.29 is 4.79 Å². The van der Waals surface area contributed by atoms with Gasteiger partial charge >= 0.3 is 6.03 Å². The zero-order chi connectivity index (χ0) is 14.4. The maximum Gasteiger partial charge on any atom is 0.317 e. The van der Waals surface area contributed by atoms with Gasteiger partial charge < -0.3 is 16.0 Å². The molecule has 1 saturated carbocycles. The van der Waals surface area contributed by atoms with Crippen molar-refractivity contribution in [2.45, 2.75) is 57.5 Å². The molecular weight excluding hydrogens is 252 g/mol. The van der Waals surface area contributed by atoms with Crippen LogP contribution in [0.15, 0.2) is 0 Å². The van der Waals surface area contributed by atoms with E-state index < -0.39 is 0 Å². The summed E-state index contributed by atoms with van der Waals surface area (Å²) in [6, 6.07) is 1.04. The molecule has 5 nitrogen and oxygen atoms in total. The molecule has 3 N–H and O–H groups in total. The minimum Gasteiger partial charge on any atom is -0.335 e. The lowest BCUT2D eigenvalue weighted by Crippen LogP contribution is -2.56. The second-order valence-electron chi connectivity index (χ2n) is 6.13. The lowest BCUT2D eigenvalue weighted by molar-refractivity contribution is 0.105. The van der Waals surface area contributed by atoms with Gasteiger partial charge in [0, 0.05) is 44.8 Å². The summed E-state index contributed by atoms with van der Waals surface area (Å²) in [6.45, 7) is 6.51. The summed E-state index contributed by atoms with van der Waals surface area (Å²) >= 11 is 0. The van der Waals surface area contributed by atoms with Crippen LogP contribution in [-0.4, -0.2) is 60.6 Å². The predicted octanol–water partition coefficient (Wildman–Crippen LogP) is 1.38. The molecule has 2 fully saturated rings. The topological polar surface area (TPSA) is 61.6 Å². The number of piperazine rings is 1. The molecule has 1 unspecified atom stereocenters. The highest BCUT2D eigenvalue weighted by atomic mass is 16.2. The fourth-order valence-electron chi connectivity index (χ4n) is 3.41. The van der Waals surface area contributed by atoms with E-state index in [9.17, 15) is 4.79 Å². The van der Waals surface area contributed by atoms with Crippen LogP contribution in [0, 0.1) is 0 Å². The Morgan fingerprint density at radius 3 is 2.45 bits per heavy atom. The number of rotatable bonds is 5. The van der Waals surface area contributed by atoms with Gasteiger partial charge in [-0.1, -0.05) is 26.2 Å². The molecule has 1 aliphatic heterocycles. The molecule has 2 rings (SSSR count). The van der Waals surface area contributed by atoms with Crippen molar-refractivity contribution in [3.63, 3.8) is 0 Å². The maximum atomic E-state index is 12.2. The molecule has 0 radical (unpaired) electrons. The molecule has 20 heavy (non-hydrogen) atoms. The first-order chi connectivity index (χ1) is 9.74. The largest absolute Gasteiger partial charge is 0.335 e. The Bertz CT molecular complexity index is 296. The molecule has 1 aliphatic carbocycles. The Labute approximate surface area is 122 Å². The van der Waals surface area contributed by atoms with E-state index in [-0.39, 0.29) is 6.03 Å². The number of carbonyl (C=O) groups is 1. The molecule has 1 atom stereocenters. The molecule has 0 bridgehead atoms. The summed E-state index contributed by atoms with van der Waals surface area (Å²) in [4.78, 5) is 16.6. The van der Waals surface area contributed by atoms with Gasteiger partial charge in [0.2, 0.25) is 0 Å². The lowest BCUT2D eigenvalue weighted by Gasteiger charge is -2.39. The van der Waals surface area contributed by atoms with Crippen LogP contribution in [0.25, 0.3) is 0 Å². The number of nitrogens with zero attached hydrogens (tertiary/aromatic N) is 2. The van der Waals surface area contributed by atoms with Gasteiger partial charge in [-0.15, -0.1) is 0 Å². The van der Waals surface area contributed by atoms with E-state index in [0.717, 1.165) is 52.0 Å². The highest BCUT2D eigenvalue weighted by molar-refractivity contribution is 5.74. The molecule has 1 heterocycles. The zero-order valence-electron chi connectivity index (χ0n) is 12.8. The van der Waals surface area contributed by atoms with Gasteiger partial charge in [-0.3, -0.25) is 4.90 Å². The molecule has 1 saturated heterocycles. The van der Waals surface area contributed by atoms with Crippen LogP contribution in [0.4, 0.5) is 4.79 Å². The van der Waals surface area contributed by atoms with Crippen molar-refractivity contribution in [1.82, 2.24) is 15.1 Å². The van der Waals surface area contributed by atoms with E-state index in [0.29, 0.717) is 12.1 Å². The zero-order valence-corrected chi connectivity index (χ0v) is 12.8. The number of nitrogens with one attached hydrogen (secondary N) is 1. The van der Waals surface area contributed by atoms with Gasteiger partial charge in [-0.05, 0) is 19.3 Å². The standard InChI is InChI=1S/C15H30N4O/c1-2-5-14(12-16)18-8-10-19(11-9-18)15(20)17-13-6-3-4-7-13/h13-14H,2-12,16H2,1H3,(H,17,20). The van der Waals surface area contributed by atoms with Crippen LogP contribution in [-0.2, 0) is 0 Å². The van der Waals surface area contributed by atoms with Crippen LogP contribution in [0.1, 0.15) is 45.4 Å². The Morgan fingerprint density at radius 1 is 1.25 bits per heavy atom. The van der Waals surface area contributed by atoms with E-state index in [1.54, 1.807) is 0 Å². The summed E-state index contributed by atoms with van der Waals surface area (Å²) in [5.74, 6) is 0. The van der Waals surface area contributed by atoms with Gasteiger partial charge in [0.25, 0.3) is 0 Å². The molecule has 2 aliphatic rings. The first kappa shape index (κ1) is 15.6. The van der Waals surface area contributed by atoms with Crippen LogP contribution < -0.4 is 11.1 Å². The number of urea groups is 1. The number of hydrogen-bond acceptors (Lipinski definition) is 3. The van der Waals surface area contributed by atoms with Gasteiger partial charge in [0.05, 0.1) is 0 Å². The van der Waals surface area contributed by atoms with Gasteiger partial charge in [-0.2, -0.15) is 0 Å². The minimum absolute atomic E-state index is 0.135. The maximum absolute atomic E-state index is 12.2. The average Bonchev–Trinajstić information content (AvgIpc) is 2.98. The highest BCUT2D eigenvalue weighted by Crippen LogP contribution is 2.18. The Hall–Kier alpha value is -0.810. The lowest BCUT2D eigenvalue weighted by atomic mass is 10.1. The van der Waals surface area contributed by atoms with E-state index >= 15 is 0 Å². The number of nitrogens with two attached hydrogens (primary N) is 1. The highest BCUT2D eigenvalue weighted by Gasteiger charge is 2.26. The van der Waals surface area contributed by atoms with Crippen molar-refractivity contribution in [1.29, 1.82) is 0 Å². The summed E-state index contributed by atoms with van der Waals surface area (Å²) in [5.41, 5.74) is 5.86. The van der Waals surface area contributed by atoms with Crippen molar-refractivity contribution in [3.8, 4) is 0 Å². The SMILES string of the molecule is CCCC(CN)N1CCN(C(=O)NC2CCCC2)CC1.